The lowest BCUT2D eigenvalue weighted by Crippen LogP contribution is -2.57. The fraction of sp³-hybridized carbons (Fsp3) is 0.722. The third kappa shape index (κ3) is 2.94. The number of hydrogen-bond acceptors (Lipinski definition) is 5. The Morgan fingerprint density at radius 3 is 2.92 bits per heavy atom. The Balaban J connectivity index is 1.48. The number of nitrogens with zero attached hydrogens (tertiary/aromatic N) is 3. The highest BCUT2D eigenvalue weighted by atomic mass is 16.5. The van der Waals surface area contributed by atoms with Crippen LogP contribution >= 0.6 is 0 Å². The molecule has 0 radical (unpaired) electrons. The highest BCUT2D eigenvalue weighted by Gasteiger charge is 2.41. The van der Waals surface area contributed by atoms with Crippen molar-refractivity contribution in [2.45, 2.75) is 51.0 Å². The first kappa shape index (κ1) is 16.6. The molecule has 3 heterocycles. The van der Waals surface area contributed by atoms with Gasteiger partial charge in [-0.15, -0.1) is 0 Å². The molecule has 7 heteroatoms. The van der Waals surface area contributed by atoms with E-state index in [1.807, 2.05) is 9.80 Å². The second kappa shape index (κ2) is 6.78. The molecule has 2 N–H and O–H groups in total. The summed E-state index contributed by atoms with van der Waals surface area (Å²) in [6.07, 6.45) is 6.23. The van der Waals surface area contributed by atoms with E-state index < -0.39 is 0 Å². The molecule has 1 aliphatic carbocycles. The van der Waals surface area contributed by atoms with E-state index in [4.69, 9.17) is 10.3 Å². The van der Waals surface area contributed by atoms with Gasteiger partial charge in [-0.05, 0) is 44.4 Å². The van der Waals surface area contributed by atoms with Crippen molar-refractivity contribution >= 4 is 11.8 Å². The molecule has 136 valence electrons. The highest BCUT2D eigenvalue weighted by Crippen LogP contribution is 2.32. The zero-order valence-electron chi connectivity index (χ0n) is 14.6. The Labute approximate surface area is 147 Å². The van der Waals surface area contributed by atoms with E-state index in [2.05, 4.69) is 5.16 Å². The second-order valence-electron chi connectivity index (χ2n) is 7.43. The van der Waals surface area contributed by atoms with Crippen molar-refractivity contribution in [3.05, 3.63) is 17.0 Å². The van der Waals surface area contributed by atoms with Gasteiger partial charge in [-0.3, -0.25) is 9.59 Å². The molecule has 2 amide bonds. The van der Waals surface area contributed by atoms with Crippen LogP contribution in [0.5, 0.6) is 0 Å². The third-order valence-electron chi connectivity index (χ3n) is 5.95. The molecular weight excluding hydrogens is 320 g/mol. The maximum absolute atomic E-state index is 13.0. The predicted octanol–water partition coefficient (Wildman–Crippen LogP) is 0.965. The van der Waals surface area contributed by atoms with Crippen LogP contribution < -0.4 is 5.73 Å². The van der Waals surface area contributed by atoms with Crippen LogP contribution in [0.4, 0.5) is 0 Å². The molecule has 1 aromatic rings. The van der Waals surface area contributed by atoms with Crippen molar-refractivity contribution in [3.63, 3.8) is 0 Å². The lowest BCUT2D eigenvalue weighted by molar-refractivity contribution is -0.140. The summed E-state index contributed by atoms with van der Waals surface area (Å²) in [4.78, 5) is 29.0. The van der Waals surface area contributed by atoms with E-state index in [-0.39, 0.29) is 17.9 Å². The smallest absolute Gasteiger partial charge is 0.292 e. The fourth-order valence-electron chi connectivity index (χ4n) is 4.67. The SMILES string of the molecule is NCCN1C(=O)CC[C@H]2CN(C(=O)c3onc4c3CCCC4)CC[C@H]21. The number of piperidine rings is 2. The van der Waals surface area contributed by atoms with Crippen LogP contribution in [-0.2, 0) is 17.6 Å². The number of rotatable bonds is 3. The average Bonchev–Trinajstić information content (AvgIpc) is 3.07. The van der Waals surface area contributed by atoms with Crippen molar-refractivity contribution in [2.24, 2.45) is 11.7 Å². The first-order chi connectivity index (χ1) is 12.2. The predicted molar refractivity (Wildman–Crippen MR) is 90.9 cm³/mol. The van der Waals surface area contributed by atoms with Crippen LogP contribution in [0.2, 0.25) is 0 Å². The molecule has 4 rings (SSSR count). The summed E-state index contributed by atoms with van der Waals surface area (Å²) in [6, 6.07) is 0.220. The van der Waals surface area contributed by atoms with E-state index in [1.54, 1.807) is 0 Å². The van der Waals surface area contributed by atoms with Gasteiger partial charge in [-0.25, -0.2) is 0 Å². The number of nitrogens with two attached hydrogens (primary N) is 1. The Morgan fingerprint density at radius 1 is 1.24 bits per heavy atom. The van der Waals surface area contributed by atoms with Gasteiger partial charge in [0.15, 0.2) is 0 Å². The Kier molecular flexibility index (Phi) is 4.50. The van der Waals surface area contributed by atoms with Crippen molar-refractivity contribution in [3.8, 4) is 0 Å². The molecule has 0 aromatic carbocycles. The largest absolute Gasteiger partial charge is 0.350 e. The standard InChI is InChI=1S/C18H26N4O3/c19-8-10-22-15-7-9-21(11-12(15)5-6-16(22)23)18(24)17-13-3-1-2-4-14(13)20-25-17/h12,15H,1-11,19H2/t12-,15+/m0/s1. The average molecular weight is 346 g/mol. The Morgan fingerprint density at radius 2 is 2.08 bits per heavy atom. The topological polar surface area (TPSA) is 92.7 Å². The van der Waals surface area contributed by atoms with E-state index in [0.29, 0.717) is 44.3 Å². The Hall–Kier alpha value is -1.89. The van der Waals surface area contributed by atoms with Crippen LogP contribution in [0, 0.1) is 5.92 Å². The molecule has 2 atom stereocenters. The van der Waals surface area contributed by atoms with Gasteiger partial charge in [0, 0.05) is 44.2 Å². The van der Waals surface area contributed by atoms with Crippen LogP contribution in [0.15, 0.2) is 4.52 Å². The Bertz CT molecular complexity index is 671. The van der Waals surface area contributed by atoms with Gasteiger partial charge in [0.2, 0.25) is 11.7 Å². The molecule has 0 unspecified atom stereocenters. The molecule has 25 heavy (non-hydrogen) atoms. The van der Waals surface area contributed by atoms with Crippen molar-refractivity contribution in [1.82, 2.24) is 15.0 Å². The minimum Gasteiger partial charge on any atom is -0.350 e. The van der Waals surface area contributed by atoms with Crippen LogP contribution in [0.25, 0.3) is 0 Å². The van der Waals surface area contributed by atoms with Crippen molar-refractivity contribution in [1.29, 1.82) is 0 Å². The lowest BCUT2D eigenvalue weighted by atomic mass is 9.83. The van der Waals surface area contributed by atoms with Gasteiger partial charge in [0.25, 0.3) is 5.91 Å². The minimum absolute atomic E-state index is 0.0311. The molecule has 3 aliphatic rings. The van der Waals surface area contributed by atoms with Gasteiger partial charge in [-0.2, -0.15) is 0 Å². The number of fused-ring (bicyclic) bond motifs is 2. The maximum Gasteiger partial charge on any atom is 0.292 e. The third-order valence-corrected chi connectivity index (χ3v) is 5.95. The van der Waals surface area contributed by atoms with Crippen molar-refractivity contribution in [2.75, 3.05) is 26.2 Å². The molecular formula is C18H26N4O3. The van der Waals surface area contributed by atoms with Gasteiger partial charge in [-0.1, -0.05) is 5.16 Å². The number of aromatic nitrogens is 1. The summed E-state index contributed by atoms with van der Waals surface area (Å²) in [6.45, 7) is 2.45. The van der Waals surface area contributed by atoms with E-state index in [9.17, 15) is 9.59 Å². The first-order valence-corrected chi connectivity index (χ1v) is 9.45. The van der Waals surface area contributed by atoms with Gasteiger partial charge in [0.05, 0.1) is 5.69 Å². The summed E-state index contributed by atoms with van der Waals surface area (Å²) in [5.74, 6) is 0.951. The molecule has 0 spiro atoms. The summed E-state index contributed by atoms with van der Waals surface area (Å²) in [5, 5.41) is 4.11. The molecule has 1 aromatic heterocycles. The number of aryl methyl sites for hydroxylation is 1. The monoisotopic (exact) mass is 346 g/mol. The summed E-state index contributed by atoms with van der Waals surface area (Å²) in [5.41, 5.74) is 7.65. The van der Waals surface area contributed by atoms with Gasteiger partial charge in [0.1, 0.15) is 0 Å². The number of amides is 2. The summed E-state index contributed by atoms with van der Waals surface area (Å²) < 4.78 is 5.42. The summed E-state index contributed by atoms with van der Waals surface area (Å²) >= 11 is 0. The molecule has 2 saturated heterocycles. The number of likely N-dealkylation sites (tertiary alicyclic amines) is 2. The van der Waals surface area contributed by atoms with E-state index in [1.165, 1.54) is 0 Å². The zero-order chi connectivity index (χ0) is 17.4. The van der Waals surface area contributed by atoms with Crippen LogP contribution in [-0.4, -0.2) is 59.0 Å². The van der Waals surface area contributed by atoms with Crippen LogP contribution in [0.3, 0.4) is 0 Å². The van der Waals surface area contributed by atoms with Gasteiger partial charge >= 0.3 is 0 Å². The molecule has 2 fully saturated rings. The van der Waals surface area contributed by atoms with Crippen LogP contribution in [0.1, 0.15) is 53.9 Å². The minimum atomic E-state index is -0.0311. The molecule has 2 aliphatic heterocycles. The van der Waals surface area contributed by atoms with Crippen molar-refractivity contribution < 1.29 is 14.1 Å². The number of carbonyl (C=O) groups excluding carboxylic acids is 2. The lowest BCUT2D eigenvalue weighted by Gasteiger charge is -2.46. The van der Waals surface area contributed by atoms with Gasteiger partial charge < -0.3 is 20.1 Å². The molecule has 0 bridgehead atoms. The second-order valence-corrected chi connectivity index (χ2v) is 7.43. The number of carbonyl (C=O) groups is 2. The van der Waals surface area contributed by atoms with E-state index >= 15 is 0 Å². The normalized spacial score (nSPS) is 26.4. The maximum atomic E-state index is 13.0. The number of hydrogen-bond donors (Lipinski definition) is 1. The molecule has 0 saturated carbocycles. The molecule has 7 nitrogen and oxygen atoms in total. The highest BCUT2D eigenvalue weighted by molar-refractivity contribution is 5.93. The first-order valence-electron chi connectivity index (χ1n) is 9.45. The summed E-state index contributed by atoms with van der Waals surface area (Å²) in [7, 11) is 0. The fourth-order valence-corrected chi connectivity index (χ4v) is 4.67. The zero-order valence-corrected chi connectivity index (χ0v) is 14.6. The quantitative estimate of drug-likeness (QED) is 0.880. The van der Waals surface area contributed by atoms with E-state index in [0.717, 1.165) is 49.8 Å².